The normalized spacial score (nSPS) is 18.6. The maximum Gasteiger partial charge on any atom is 0.328 e. The Kier molecular flexibility index (Phi) is 4.08. The van der Waals surface area contributed by atoms with Gasteiger partial charge in [0.05, 0.1) is 0 Å². The Bertz CT molecular complexity index is 588. The van der Waals surface area contributed by atoms with Crippen LogP contribution in [0.5, 0.6) is 0 Å². The van der Waals surface area contributed by atoms with Gasteiger partial charge >= 0.3 is 5.97 Å². The summed E-state index contributed by atoms with van der Waals surface area (Å²) in [5.41, 5.74) is 1.23. The molecule has 0 radical (unpaired) electrons. The number of hydrogen-bond acceptors (Lipinski definition) is 3. The molecule has 1 unspecified atom stereocenters. The zero-order valence-corrected chi connectivity index (χ0v) is 12.3. The Morgan fingerprint density at radius 3 is 2.75 bits per heavy atom. The fraction of sp³-hybridized carbons (Fsp3) is 0.308. The molecule has 6 nitrogen and oxygen atoms in total. The van der Waals surface area contributed by atoms with Crippen LogP contribution in [0, 0.1) is 6.92 Å². The number of nitrogens with one attached hydrogen (secondary N) is 1. The molecule has 106 valence electrons. The first kappa shape index (κ1) is 14.5. The molecular formula is C13H13BrN2O4. The predicted molar refractivity (Wildman–Crippen MR) is 74.3 cm³/mol. The quantitative estimate of drug-likeness (QED) is 0.832. The molecule has 1 aromatic carbocycles. The van der Waals surface area contributed by atoms with Gasteiger partial charge in [0.2, 0.25) is 5.91 Å². The molecule has 20 heavy (non-hydrogen) atoms. The van der Waals surface area contributed by atoms with Crippen molar-refractivity contribution < 1.29 is 19.5 Å². The van der Waals surface area contributed by atoms with Crippen LogP contribution in [-0.2, 0) is 9.59 Å². The smallest absolute Gasteiger partial charge is 0.328 e. The highest BCUT2D eigenvalue weighted by Crippen LogP contribution is 2.19. The van der Waals surface area contributed by atoms with Crippen molar-refractivity contribution in [3.05, 3.63) is 33.8 Å². The van der Waals surface area contributed by atoms with Gasteiger partial charge in [0.15, 0.2) is 0 Å². The maximum atomic E-state index is 12.4. The average molecular weight is 341 g/mol. The van der Waals surface area contributed by atoms with Crippen molar-refractivity contribution in [3.63, 3.8) is 0 Å². The molecule has 2 rings (SSSR count). The number of aryl methyl sites for hydroxylation is 1. The molecule has 0 aliphatic carbocycles. The molecule has 2 amide bonds. The lowest BCUT2D eigenvalue weighted by Gasteiger charge is -2.32. The minimum atomic E-state index is -1.13. The van der Waals surface area contributed by atoms with E-state index in [9.17, 15) is 14.4 Å². The summed E-state index contributed by atoms with van der Waals surface area (Å²) in [4.78, 5) is 36.0. The first-order valence-corrected chi connectivity index (χ1v) is 6.76. The Morgan fingerprint density at radius 1 is 1.45 bits per heavy atom. The number of carboxylic acids is 1. The molecule has 7 heteroatoms. The summed E-state index contributed by atoms with van der Waals surface area (Å²) in [6, 6.07) is 3.95. The second-order valence-corrected chi connectivity index (χ2v) is 5.41. The van der Waals surface area contributed by atoms with Crippen LogP contribution in [0.1, 0.15) is 15.9 Å². The van der Waals surface area contributed by atoms with Crippen molar-refractivity contribution >= 4 is 33.7 Å². The van der Waals surface area contributed by atoms with E-state index in [0.29, 0.717) is 5.56 Å². The highest BCUT2D eigenvalue weighted by atomic mass is 79.9. The molecule has 1 aromatic rings. The highest BCUT2D eigenvalue weighted by molar-refractivity contribution is 9.10. The topological polar surface area (TPSA) is 86.7 Å². The number of amides is 2. The van der Waals surface area contributed by atoms with Gasteiger partial charge in [-0.15, -0.1) is 0 Å². The zero-order valence-electron chi connectivity index (χ0n) is 10.7. The lowest BCUT2D eigenvalue weighted by molar-refractivity contribution is -0.144. The molecule has 0 saturated carbocycles. The van der Waals surface area contributed by atoms with Crippen molar-refractivity contribution in [2.75, 3.05) is 13.1 Å². The molecule has 1 fully saturated rings. The summed E-state index contributed by atoms with van der Waals surface area (Å²) >= 11 is 3.34. The summed E-state index contributed by atoms with van der Waals surface area (Å²) < 4.78 is 0.861. The summed E-state index contributed by atoms with van der Waals surface area (Å²) in [6.45, 7) is 1.51. The van der Waals surface area contributed by atoms with Crippen LogP contribution in [0.3, 0.4) is 0 Å². The minimum absolute atomic E-state index is 0.0740. The van der Waals surface area contributed by atoms with Gasteiger partial charge in [-0.1, -0.05) is 15.9 Å². The number of halogens is 1. The van der Waals surface area contributed by atoms with Crippen molar-refractivity contribution in [2.45, 2.75) is 13.0 Å². The SMILES string of the molecule is Cc1cc(C(=O)N2CC(=O)NCC2C(=O)O)ccc1Br. The van der Waals surface area contributed by atoms with Crippen LogP contribution < -0.4 is 5.32 Å². The lowest BCUT2D eigenvalue weighted by Crippen LogP contribution is -2.59. The number of carbonyl (C=O) groups excluding carboxylic acids is 2. The van der Waals surface area contributed by atoms with Gasteiger partial charge in [-0.3, -0.25) is 9.59 Å². The molecule has 0 spiro atoms. The Hall–Kier alpha value is -1.89. The van der Waals surface area contributed by atoms with Gasteiger partial charge in [-0.05, 0) is 30.7 Å². The van der Waals surface area contributed by atoms with Crippen LogP contribution >= 0.6 is 15.9 Å². The number of hydrogen-bond donors (Lipinski definition) is 2. The molecular weight excluding hydrogens is 328 g/mol. The highest BCUT2D eigenvalue weighted by Gasteiger charge is 2.35. The monoisotopic (exact) mass is 340 g/mol. The standard InChI is InChI=1S/C13H13BrN2O4/c1-7-4-8(2-3-9(7)14)12(18)16-6-11(17)15-5-10(16)13(19)20/h2-4,10H,5-6H2,1H3,(H,15,17)(H,19,20). The van der Waals surface area contributed by atoms with Gasteiger partial charge in [0.1, 0.15) is 12.6 Å². The number of piperazine rings is 1. The van der Waals surface area contributed by atoms with Crippen molar-refractivity contribution in [3.8, 4) is 0 Å². The van der Waals surface area contributed by atoms with E-state index in [-0.39, 0.29) is 19.0 Å². The summed E-state index contributed by atoms with van der Waals surface area (Å²) in [7, 11) is 0. The zero-order chi connectivity index (χ0) is 14.9. The molecule has 1 aliphatic heterocycles. The first-order chi connectivity index (χ1) is 9.40. The van der Waals surface area contributed by atoms with Crippen LogP contribution in [0.2, 0.25) is 0 Å². The van der Waals surface area contributed by atoms with E-state index in [4.69, 9.17) is 5.11 Å². The van der Waals surface area contributed by atoms with E-state index in [1.54, 1.807) is 18.2 Å². The van der Waals surface area contributed by atoms with Gasteiger partial charge in [-0.25, -0.2) is 4.79 Å². The number of nitrogens with zero attached hydrogens (tertiary/aromatic N) is 1. The Labute approximate surface area is 123 Å². The second-order valence-electron chi connectivity index (χ2n) is 4.56. The minimum Gasteiger partial charge on any atom is -0.480 e. The lowest BCUT2D eigenvalue weighted by atomic mass is 10.1. The van der Waals surface area contributed by atoms with E-state index in [1.165, 1.54) is 0 Å². The molecule has 1 atom stereocenters. The van der Waals surface area contributed by atoms with Crippen LogP contribution in [0.4, 0.5) is 0 Å². The third-order valence-electron chi connectivity index (χ3n) is 3.13. The number of rotatable bonds is 2. The molecule has 1 heterocycles. The van der Waals surface area contributed by atoms with E-state index < -0.39 is 17.9 Å². The molecule has 1 aliphatic rings. The molecule has 0 bridgehead atoms. The molecule has 2 N–H and O–H groups in total. The van der Waals surface area contributed by atoms with Gasteiger partial charge in [0.25, 0.3) is 5.91 Å². The van der Waals surface area contributed by atoms with Crippen LogP contribution in [0.25, 0.3) is 0 Å². The first-order valence-electron chi connectivity index (χ1n) is 5.97. The predicted octanol–water partition coefficient (Wildman–Crippen LogP) is 0.783. The van der Waals surface area contributed by atoms with Crippen molar-refractivity contribution in [1.29, 1.82) is 0 Å². The van der Waals surface area contributed by atoms with E-state index >= 15 is 0 Å². The molecule has 0 aromatic heterocycles. The molecule has 1 saturated heterocycles. The third kappa shape index (κ3) is 2.82. The van der Waals surface area contributed by atoms with Gasteiger partial charge in [0, 0.05) is 16.6 Å². The third-order valence-corrected chi connectivity index (χ3v) is 4.02. The number of carbonyl (C=O) groups is 3. The number of carboxylic acid groups (broad SMARTS) is 1. The second kappa shape index (κ2) is 5.62. The Balaban J connectivity index is 2.31. The summed E-state index contributed by atoms with van der Waals surface area (Å²) in [5, 5.41) is 11.6. The summed E-state index contributed by atoms with van der Waals surface area (Å²) in [5.74, 6) is -1.94. The number of aliphatic carboxylic acids is 1. The Morgan fingerprint density at radius 2 is 2.15 bits per heavy atom. The van der Waals surface area contributed by atoms with Crippen molar-refractivity contribution in [2.24, 2.45) is 0 Å². The fourth-order valence-corrected chi connectivity index (χ4v) is 2.27. The van der Waals surface area contributed by atoms with Gasteiger partial charge in [-0.2, -0.15) is 0 Å². The summed E-state index contributed by atoms with van der Waals surface area (Å²) in [6.07, 6.45) is 0. The maximum absolute atomic E-state index is 12.4. The van der Waals surface area contributed by atoms with Gasteiger partial charge < -0.3 is 15.3 Å². The van der Waals surface area contributed by atoms with E-state index in [0.717, 1.165) is 14.9 Å². The number of benzene rings is 1. The average Bonchev–Trinajstić information content (AvgIpc) is 2.40. The van der Waals surface area contributed by atoms with Crippen LogP contribution in [-0.4, -0.2) is 46.9 Å². The van der Waals surface area contributed by atoms with Crippen LogP contribution in [0.15, 0.2) is 22.7 Å². The fourth-order valence-electron chi connectivity index (χ4n) is 2.02. The van der Waals surface area contributed by atoms with E-state index in [1.807, 2.05) is 6.92 Å². The van der Waals surface area contributed by atoms with Crippen molar-refractivity contribution in [1.82, 2.24) is 10.2 Å². The van der Waals surface area contributed by atoms with E-state index in [2.05, 4.69) is 21.2 Å². The largest absolute Gasteiger partial charge is 0.480 e.